The van der Waals surface area contributed by atoms with Gasteiger partial charge in [0.25, 0.3) is 0 Å². The second-order valence-electron chi connectivity index (χ2n) is 8.22. The van der Waals surface area contributed by atoms with E-state index in [9.17, 15) is 4.79 Å². The number of pyridine rings is 1. The number of aromatic nitrogens is 1. The molecule has 188 valence electrons. The molecule has 0 bridgehead atoms. The molecule has 0 saturated heterocycles. The number of aryl methyl sites for hydroxylation is 1. The van der Waals surface area contributed by atoms with E-state index in [2.05, 4.69) is 61.6 Å². The number of nitrogens with zero attached hydrogens (tertiary/aromatic N) is 1. The van der Waals surface area contributed by atoms with Crippen molar-refractivity contribution in [1.82, 2.24) is 4.98 Å². The van der Waals surface area contributed by atoms with Gasteiger partial charge in [0.15, 0.2) is 0 Å². The Balaban J connectivity index is -0.000000102. The summed E-state index contributed by atoms with van der Waals surface area (Å²) in [6.45, 7) is 25.8. The largest absolute Gasteiger partial charge is 2.00 e. The summed E-state index contributed by atoms with van der Waals surface area (Å²) in [5.74, 6) is -0.0748. The van der Waals surface area contributed by atoms with Crippen molar-refractivity contribution >= 4 is 21.9 Å². The van der Waals surface area contributed by atoms with Crippen LogP contribution in [0.25, 0.3) is 0 Å². The number of hydrogen-bond acceptors (Lipinski definition) is 3. The number of hydrogen-bond donors (Lipinski definition) is 0. The molecule has 0 saturated carbocycles. The molecule has 32 heavy (non-hydrogen) atoms. The third-order valence-electron chi connectivity index (χ3n) is 3.53. The van der Waals surface area contributed by atoms with E-state index >= 15 is 0 Å². The number of halogens is 1. The molecule has 1 rings (SSSR count). The average molecular weight is 741 g/mol. The number of ether oxygens (including phenoxy) is 1. The Kier molecular flexibility index (Phi) is 41.2. The average Bonchev–Trinajstić information content (AvgIpc) is 2.70. The summed E-state index contributed by atoms with van der Waals surface area (Å²) in [6, 6.07) is 2.94. The third-order valence-corrected chi connectivity index (χ3v) is 4.33. The van der Waals surface area contributed by atoms with Crippen LogP contribution in [0.15, 0.2) is 16.9 Å². The van der Waals surface area contributed by atoms with Gasteiger partial charge >= 0.3 is 37.1 Å². The molecule has 3 nitrogen and oxygen atoms in total. The standard InChI is InChI=1S/C9H18O2.C6H5BrN.C5H12.C4H10.C3H7.U/c1-6-7(2)8(10)11-9(3,4)5;1-5-2-3-8-4-6(5)7;1-3-5-4-2;1-3-4-2;1-3-2;/h7H,6H2,1-5H3;3-4H,1H3;3-5H2,1-2H3;3-4H2,1-2H3;1,3H2,2H3;/q;-1;;;-1;+2. The number of rotatable bonds is 5. The normalized spacial score (nSPS) is 10.0. The van der Waals surface area contributed by atoms with Crippen molar-refractivity contribution in [2.24, 2.45) is 5.92 Å². The number of esters is 1. The fraction of sp³-hybridized carbons (Fsp3) is 0.741. The molecule has 1 unspecified atom stereocenters. The van der Waals surface area contributed by atoms with Gasteiger partial charge in [0.2, 0.25) is 0 Å². The van der Waals surface area contributed by atoms with Gasteiger partial charge in [-0.3, -0.25) is 4.79 Å². The van der Waals surface area contributed by atoms with Crippen LogP contribution >= 0.6 is 15.9 Å². The van der Waals surface area contributed by atoms with Gasteiger partial charge < -0.3 is 16.6 Å². The first-order valence-corrected chi connectivity index (χ1v) is 12.7. The van der Waals surface area contributed by atoms with E-state index in [1.165, 1.54) is 32.1 Å². The van der Waals surface area contributed by atoms with Crippen molar-refractivity contribution in [2.45, 2.75) is 127 Å². The predicted molar refractivity (Wildman–Crippen MR) is 142 cm³/mol. The Hall–Kier alpha value is 0.152. The number of carbonyl (C=O) groups excluding carboxylic acids is 1. The third kappa shape index (κ3) is 40.5. The minimum absolute atomic E-state index is 0. The molecule has 0 N–H and O–H groups in total. The molecule has 0 aliphatic carbocycles. The molecule has 0 radical (unpaired) electrons. The van der Waals surface area contributed by atoms with E-state index in [0.717, 1.165) is 22.9 Å². The van der Waals surface area contributed by atoms with Crippen LogP contribution in [0.5, 0.6) is 0 Å². The Morgan fingerprint density at radius 2 is 1.53 bits per heavy atom. The summed E-state index contributed by atoms with van der Waals surface area (Å²) in [7, 11) is 0. The van der Waals surface area contributed by atoms with E-state index < -0.39 is 0 Å². The maximum absolute atomic E-state index is 11.2. The van der Waals surface area contributed by atoms with Crippen LogP contribution in [0.2, 0.25) is 0 Å². The molecular weight excluding hydrogens is 688 g/mol. The van der Waals surface area contributed by atoms with Crippen LogP contribution in [-0.2, 0) is 9.53 Å². The van der Waals surface area contributed by atoms with Crippen molar-refractivity contribution < 1.29 is 40.6 Å². The molecule has 0 aromatic carbocycles. The van der Waals surface area contributed by atoms with Crippen molar-refractivity contribution in [2.75, 3.05) is 0 Å². The van der Waals surface area contributed by atoms with Gasteiger partial charge in [-0.05, 0) is 33.4 Å². The van der Waals surface area contributed by atoms with Gasteiger partial charge in [-0.1, -0.05) is 93.7 Å². The van der Waals surface area contributed by atoms with Gasteiger partial charge in [0.1, 0.15) is 5.60 Å². The number of unbranched alkanes of at least 4 members (excludes halogenated alkanes) is 3. The molecule has 1 heterocycles. The zero-order valence-electron chi connectivity index (χ0n) is 23.0. The summed E-state index contributed by atoms with van der Waals surface area (Å²) < 4.78 is 6.17. The summed E-state index contributed by atoms with van der Waals surface area (Å²) in [6.07, 6.45) is 12.0. The zero-order valence-corrected chi connectivity index (χ0v) is 28.8. The summed E-state index contributed by atoms with van der Waals surface area (Å²) in [5, 5.41) is 0. The van der Waals surface area contributed by atoms with Gasteiger partial charge in [-0.15, -0.1) is 4.47 Å². The maximum atomic E-state index is 11.2. The topological polar surface area (TPSA) is 39.2 Å². The predicted octanol–water partition coefficient (Wildman–Crippen LogP) is 9.56. The molecule has 0 spiro atoms. The molecule has 0 fully saturated rings. The molecule has 0 aliphatic heterocycles. The molecule has 1 atom stereocenters. The van der Waals surface area contributed by atoms with E-state index in [-0.39, 0.29) is 48.6 Å². The summed E-state index contributed by atoms with van der Waals surface area (Å²) >= 11 is 3.30. The van der Waals surface area contributed by atoms with E-state index in [1.54, 1.807) is 12.4 Å². The first kappa shape index (κ1) is 42.3. The molecular formula is C27H52BrNO2U. The molecule has 0 amide bonds. The minimum atomic E-state index is -0.347. The molecule has 5 heteroatoms. The van der Waals surface area contributed by atoms with Crippen molar-refractivity contribution in [3.63, 3.8) is 0 Å². The Morgan fingerprint density at radius 1 is 1.09 bits per heavy atom. The SMILES string of the molecule is CCC(C)C(=O)OC(C)(C)C.CCCC.CCCCC.Cc1[c-]cncc1Br.[CH2-]CC.[U+2]. The van der Waals surface area contributed by atoms with Gasteiger partial charge in [0.05, 0.1) is 5.92 Å². The Labute approximate surface area is 234 Å². The van der Waals surface area contributed by atoms with Crippen molar-refractivity contribution in [3.8, 4) is 0 Å². The first-order chi connectivity index (χ1) is 14.4. The van der Waals surface area contributed by atoms with E-state index in [0.29, 0.717) is 0 Å². The van der Waals surface area contributed by atoms with Crippen molar-refractivity contribution in [3.05, 3.63) is 35.4 Å². The smallest absolute Gasteiger partial charge is 0.460 e. The summed E-state index contributed by atoms with van der Waals surface area (Å²) in [5.41, 5.74) is 0.751. The van der Waals surface area contributed by atoms with Crippen LogP contribution in [0.3, 0.4) is 0 Å². The van der Waals surface area contributed by atoms with E-state index in [1.807, 2.05) is 48.5 Å². The fourth-order valence-electron chi connectivity index (χ4n) is 1.33. The van der Waals surface area contributed by atoms with Crippen LogP contribution in [0.4, 0.5) is 0 Å². The quantitative estimate of drug-likeness (QED) is 0.223. The zero-order chi connectivity index (χ0) is 25.3. The second kappa shape index (κ2) is 31.2. The van der Waals surface area contributed by atoms with Crippen molar-refractivity contribution in [1.29, 1.82) is 0 Å². The molecule has 1 aromatic heterocycles. The first-order valence-electron chi connectivity index (χ1n) is 11.9. The van der Waals surface area contributed by atoms with Crippen LogP contribution in [0, 0.1) is 56.9 Å². The van der Waals surface area contributed by atoms with Gasteiger partial charge in [-0.2, -0.15) is 22.4 Å². The van der Waals surface area contributed by atoms with E-state index in [4.69, 9.17) is 4.74 Å². The molecule has 1 aromatic rings. The van der Waals surface area contributed by atoms with Crippen LogP contribution in [-0.4, -0.2) is 16.6 Å². The minimum Gasteiger partial charge on any atom is -0.460 e. The Morgan fingerprint density at radius 3 is 1.72 bits per heavy atom. The summed E-state index contributed by atoms with van der Waals surface area (Å²) in [4.78, 5) is 15.0. The van der Waals surface area contributed by atoms with Crippen LogP contribution < -0.4 is 0 Å². The molecule has 0 aliphatic rings. The van der Waals surface area contributed by atoms with Crippen LogP contribution in [0.1, 0.15) is 120 Å². The second-order valence-corrected chi connectivity index (χ2v) is 9.08. The Bertz CT molecular complexity index is 466. The fourth-order valence-corrected chi connectivity index (χ4v) is 1.56. The van der Waals surface area contributed by atoms with Gasteiger partial charge in [-0.25, -0.2) is 11.6 Å². The number of carbonyl (C=O) groups is 1. The monoisotopic (exact) mass is 739 g/mol. The maximum Gasteiger partial charge on any atom is 2.00 e. The van der Waals surface area contributed by atoms with Gasteiger partial charge in [0, 0.05) is 0 Å².